The average molecular weight is 273 g/mol. The first kappa shape index (κ1) is 11.7. The highest BCUT2D eigenvalue weighted by Gasteiger charge is 2.21. The van der Waals surface area contributed by atoms with Crippen molar-refractivity contribution in [2.45, 2.75) is 0 Å². The van der Waals surface area contributed by atoms with Gasteiger partial charge in [-0.25, -0.2) is 4.99 Å². The van der Waals surface area contributed by atoms with Gasteiger partial charge >= 0.3 is 0 Å². The van der Waals surface area contributed by atoms with Crippen LogP contribution in [0.25, 0.3) is 0 Å². The van der Waals surface area contributed by atoms with Gasteiger partial charge < -0.3 is 10.5 Å². The van der Waals surface area contributed by atoms with E-state index in [1.54, 1.807) is 36.4 Å². The monoisotopic (exact) mass is 272 g/mol. The Bertz CT molecular complexity index is 711. The molecule has 0 aliphatic carbocycles. The molecule has 1 aliphatic rings. The zero-order valence-electron chi connectivity index (χ0n) is 9.76. The van der Waals surface area contributed by atoms with E-state index in [4.69, 9.17) is 22.1 Å². The van der Waals surface area contributed by atoms with E-state index in [2.05, 4.69) is 4.99 Å². The number of nitrogen functional groups attached to an aromatic ring is 1. The van der Waals surface area contributed by atoms with Crippen LogP contribution in [0.1, 0.15) is 15.9 Å². The van der Waals surface area contributed by atoms with Gasteiger partial charge in [0.25, 0.3) is 5.91 Å². The summed E-state index contributed by atoms with van der Waals surface area (Å²) in [5.74, 6) is 0.577. The molecule has 0 atom stereocenters. The summed E-state index contributed by atoms with van der Waals surface area (Å²) in [5.41, 5.74) is 7.37. The Balaban J connectivity index is 2.01. The van der Waals surface area contributed by atoms with Crippen molar-refractivity contribution in [1.82, 2.24) is 0 Å². The lowest BCUT2D eigenvalue weighted by atomic mass is 10.1. The number of rotatable bonds is 2. The van der Waals surface area contributed by atoms with Crippen molar-refractivity contribution >= 4 is 29.4 Å². The molecular formula is C14H9ClN2O2. The van der Waals surface area contributed by atoms with Gasteiger partial charge in [0.05, 0.1) is 10.6 Å². The predicted molar refractivity (Wildman–Crippen MR) is 74.3 cm³/mol. The summed E-state index contributed by atoms with van der Waals surface area (Å²) in [6.07, 6.45) is 1.52. The molecule has 0 fully saturated rings. The zero-order valence-corrected chi connectivity index (χ0v) is 10.5. The van der Waals surface area contributed by atoms with Crippen LogP contribution in [0, 0.1) is 0 Å². The summed E-state index contributed by atoms with van der Waals surface area (Å²) >= 11 is 6.05. The van der Waals surface area contributed by atoms with E-state index in [1.807, 2.05) is 0 Å². The van der Waals surface area contributed by atoms with E-state index in [0.717, 1.165) is 5.56 Å². The number of anilines is 1. The summed E-state index contributed by atoms with van der Waals surface area (Å²) in [6, 6.07) is 10.3. The highest BCUT2D eigenvalue weighted by Crippen LogP contribution is 2.34. The van der Waals surface area contributed by atoms with Crippen LogP contribution in [0.3, 0.4) is 0 Å². The number of nitrogens with two attached hydrogens (primary N) is 1. The van der Waals surface area contributed by atoms with Gasteiger partial charge in [-0.3, -0.25) is 4.79 Å². The van der Waals surface area contributed by atoms with Crippen molar-refractivity contribution in [1.29, 1.82) is 0 Å². The second-order valence-electron chi connectivity index (χ2n) is 4.08. The number of carbonyl (C=O) groups excluding carboxylic acids is 1. The maximum Gasteiger partial charge on any atom is 0.281 e. The third-order valence-electron chi connectivity index (χ3n) is 2.77. The third kappa shape index (κ3) is 2.06. The van der Waals surface area contributed by atoms with Crippen LogP contribution in [0.2, 0.25) is 5.02 Å². The van der Waals surface area contributed by atoms with Crippen molar-refractivity contribution in [2.24, 2.45) is 4.99 Å². The van der Waals surface area contributed by atoms with Crippen LogP contribution in [0.5, 0.6) is 11.5 Å². The number of benzene rings is 2. The molecule has 3 rings (SSSR count). The smallest absolute Gasteiger partial charge is 0.281 e. The van der Waals surface area contributed by atoms with E-state index in [1.165, 1.54) is 6.21 Å². The molecule has 2 N–H and O–H groups in total. The molecule has 1 aliphatic heterocycles. The molecule has 1 heterocycles. The molecule has 0 radical (unpaired) electrons. The quantitative estimate of drug-likeness (QED) is 0.853. The summed E-state index contributed by atoms with van der Waals surface area (Å²) in [6.45, 7) is 0. The van der Waals surface area contributed by atoms with Crippen molar-refractivity contribution in [3.05, 3.63) is 52.5 Å². The first-order valence-corrected chi connectivity index (χ1v) is 5.97. The maximum absolute atomic E-state index is 11.7. The molecule has 0 spiro atoms. The molecule has 0 bridgehead atoms. The van der Waals surface area contributed by atoms with Gasteiger partial charge in [-0.2, -0.15) is 0 Å². The van der Waals surface area contributed by atoms with E-state index in [0.29, 0.717) is 27.8 Å². The Morgan fingerprint density at radius 2 is 2.00 bits per heavy atom. The first-order chi connectivity index (χ1) is 9.15. The van der Waals surface area contributed by atoms with E-state index >= 15 is 0 Å². The highest BCUT2D eigenvalue weighted by molar-refractivity contribution is 6.32. The second-order valence-corrected chi connectivity index (χ2v) is 4.48. The van der Waals surface area contributed by atoms with Crippen molar-refractivity contribution in [3.8, 4) is 11.5 Å². The molecule has 0 saturated carbocycles. The number of halogens is 1. The van der Waals surface area contributed by atoms with Gasteiger partial charge in [0.2, 0.25) is 0 Å². The van der Waals surface area contributed by atoms with Gasteiger partial charge in [-0.15, -0.1) is 0 Å². The lowest BCUT2D eigenvalue weighted by Gasteiger charge is -2.10. The number of aliphatic imine (C=N–C) groups is 1. The fraction of sp³-hybridized carbons (Fsp3) is 0. The lowest BCUT2D eigenvalue weighted by Crippen LogP contribution is -1.97. The Labute approximate surface area is 114 Å². The van der Waals surface area contributed by atoms with E-state index in [-0.39, 0.29) is 5.91 Å². The van der Waals surface area contributed by atoms with Crippen LogP contribution in [0.15, 0.2) is 41.4 Å². The number of hydrogen-bond donors (Lipinski definition) is 1. The van der Waals surface area contributed by atoms with Gasteiger partial charge in [-0.05, 0) is 24.3 Å². The normalized spacial score (nSPS) is 12.6. The summed E-state index contributed by atoms with van der Waals surface area (Å²) in [5, 5.41) is 0.393. The highest BCUT2D eigenvalue weighted by atomic mass is 35.5. The Hall–Kier alpha value is -2.33. The number of amides is 1. The molecule has 1 amide bonds. The van der Waals surface area contributed by atoms with Gasteiger partial charge in [-0.1, -0.05) is 23.7 Å². The third-order valence-corrected chi connectivity index (χ3v) is 3.06. The average Bonchev–Trinajstić information content (AvgIpc) is 2.76. The molecule has 2 aromatic carbocycles. The molecule has 4 nitrogen and oxygen atoms in total. The SMILES string of the molecule is Nc1ccc(Oc2cccc3c2C(=O)N=C3)c(Cl)c1. The topological polar surface area (TPSA) is 64.7 Å². The molecule has 0 unspecified atom stereocenters. The standard InChI is InChI=1S/C14H9ClN2O2/c15-10-6-9(16)4-5-11(10)19-12-3-1-2-8-7-17-14(18)13(8)12/h1-7H,16H2. The van der Waals surface area contributed by atoms with Crippen LogP contribution >= 0.6 is 11.6 Å². The second kappa shape index (κ2) is 4.40. The Kier molecular flexibility index (Phi) is 2.72. The fourth-order valence-electron chi connectivity index (χ4n) is 1.88. The van der Waals surface area contributed by atoms with Gasteiger partial charge in [0.15, 0.2) is 0 Å². The minimum atomic E-state index is -0.308. The largest absolute Gasteiger partial charge is 0.455 e. The van der Waals surface area contributed by atoms with Gasteiger partial charge in [0, 0.05) is 17.5 Å². The fourth-order valence-corrected chi connectivity index (χ4v) is 2.11. The lowest BCUT2D eigenvalue weighted by molar-refractivity contribution is 0.100. The van der Waals surface area contributed by atoms with E-state index < -0.39 is 0 Å². The Morgan fingerprint density at radius 3 is 2.79 bits per heavy atom. The number of ether oxygens (including phenoxy) is 1. The summed E-state index contributed by atoms with van der Waals surface area (Å²) < 4.78 is 5.69. The van der Waals surface area contributed by atoms with E-state index in [9.17, 15) is 4.79 Å². The molecule has 19 heavy (non-hydrogen) atoms. The number of nitrogens with zero attached hydrogens (tertiary/aromatic N) is 1. The van der Waals surface area contributed by atoms with Crippen LogP contribution in [-0.2, 0) is 0 Å². The van der Waals surface area contributed by atoms with Crippen LogP contribution in [-0.4, -0.2) is 12.1 Å². The van der Waals surface area contributed by atoms with Crippen molar-refractivity contribution in [2.75, 3.05) is 5.73 Å². The molecule has 5 heteroatoms. The van der Waals surface area contributed by atoms with Crippen molar-refractivity contribution < 1.29 is 9.53 Å². The maximum atomic E-state index is 11.7. The van der Waals surface area contributed by atoms with Crippen LogP contribution < -0.4 is 10.5 Å². The molecular weight excluding hydrogens is 264 g/mol. The van der Waals surface area contributed by atoms with Crippen LogP contribution in [0.4, 0.5) is 5.69 Å². The minimum absolute atomic E-state index is 0.308. The molecule has 94 valence electrons. The number of hydrogen-bond acceptors (Lipinski definition) is 3. The number of fused-ring (bicyclic) bond motifs is 1. The molecule has 0 saturated heterocycles. The number of carbonyl (C=O) groups is 1. The minimum Gasteiger partial charge on any atom is -0.455 e. The van der Waals surface area contributed by atoms with Crippen molar-refractivity contribution in [3.63, 3.8) is 0 Å². The summed E-state index contributed by atoms with van der Waals surface area (Å²) in [4.78, 5) is 15.4. The first-order valence-electron chi connectivity index (χ1n) is 5.59. The molecule has 0 aromatic heterocycles. The molecule has 2 aromatic rings. The predicted octanol–water partition coefficient (Wildman–Crippen LogP) is 3.29. The van der Waals surface area contributed by atoms with Gasteiger partial charge in [0.1, 0.15) is 11.5 Å². The zero-order chi connectivity index (χ0) is 13.4. The Morgan fingerprint density at radius 1 is 1.16 bits per heavy atom. The summed E-state index contributed by atoms with van der Waals surface area (Å²) in [7, 11) is 0.